The Bertz CT molecular complexity index is 770. The number of hydroxylamine groups is 2. The third-order valence-electron chi connectivity index (χ3n) is 6.17. The van der Waals surface area contributed by atoms with Gasteiger partial charge in [-0.1, -0.05) is 67.4 Å². The average Bonchev–Trinajstić information content (AvgIpc) is 2.81. The summed E-state index contributed by atoms with van der Waals surface area (Å²) in [5.74, 6) is 0. The van der Waals surface area contributed by atoms with Crippen molar-refractivity contribution in [2.24, 2.45) is 0 Å². The lowest BCUT2D eigenvalue weighted by Gasteiger charge is -2.42. The zero-order valence-electron chi connectivity index (χ0n) is 18.9. The lowest BCUT2D eigenvalue weighted by atomic mass is 9.91. The molecular weight excluding hydrogens is 358 g/mol. The fraction of sp³-hybridized carbons (Fsp3) is 0.538. The van der Waals surface area contributed by atoms with Crippen molar-refractivity contribution in [1.29, 1.82) is 0 Å². The number of fused-ring (bicyclic) bond motifs is 1. The summed E-state index contributed by atoms with van der Waals surface area (Å²) in [4.78, 5) is 6.81. The molecule has 1 N–H and O–H groups in total. The number of rotatable bonds is 8. The summed E-state index contributed by atoms with van der Waals surface area (Å²) in [6.07, 6.45) is 3.74. The van der Waals surface area contributed by atoms with E-state index in [-0.39, 0.29) is 17.2 Å². The molecule has 29 heavy (non-hydrogen) atoms. The molecule has 0 amide bonds. The molecule has 3 heteroatoms. The Morgan fingerprint density at radius 3 is 1.90 bits per heavy atom. The van der Waals surface area contributed by atoms with Gasteiger partial charge in [-0.3, -0.25) is 4.84 Å². The van der Waals surface area contributed by atoms with Gasteiger partial charge in [0.05, 0.1) is 16.7 Å². The summed E-state index contributed by atoms with van der Waals surface area (Å²) >= 11 is 0. The van der Waals surface area contributed by atoms with E-state index < -0.39 is 5.60 Å². The molecule has 1 atom stereocenters. The Labute approximate surface area is 176 Å². The molecule has 0 saturated heterocycles. The molecule has 0 saturated carbocycles. The van der Waals surface area contributed by atoms with E-state index in [9.17, 15) is 5.11 Å². The van der Waals surface area contributed by atoms with Crippen molar-refractivity contribution in [3.8, 4) is 0 Å². The van der Waals surface area contributed by atoms with Crippen molar-refractivity contribution in [3.05, 3.63) is 71.3 Å². The van der Waals surface area contributed by atoms with Crippen LogP contribution in [0, 0.1) is 0 Å². The first kappa shape index (κ1) is 22.0. The lowest BCUT2D eigenvalue weighted by Crippen LogP contribution is -2.46. The van der Waals surface area contributed by atoms with Crippen LogP contribution in [0.4, 0.5) is 0 Å². The van der Waals surface area contributed by atoms with Crippen molar-refractivity contribution in [2.45, 2.75) is 90.0 Å². The van der Waals surface area contributed by atoms with Gasteiger partial charge < -0.3 is 5.11 Å². The van der Waals surface area contributed by atoms with Crippen LogP contribution in [0.15, 0.2) is 54.6 Å². The van der Waals surface area contributed by atoms with Crippen LogP contribution >= 0.6 is 0 Å². The number of hydrogen-bond donors (Lipinski definition) is 1. The van der Waals surface area contributed by atoms with Gasteiger partial charge in [0.15, 0.2) is 0 Å². The van der Waals surface area contributed by atoms with Crippen LogP contribution in [0.2, 0.25) is 0 Å². The van der Waals surface area contributed by atoms with E-state index >= 15 is 0 Å². The molecule has 3 rings (SSSR count). The van der Waals surface area contributed by atoms with Crippen LogP contribution < -0.4 is 0 Å². The number of hydrogen-bond acceptors (Lipinski definition) is 3. The predicted molar refractivity (Wildman–Crippen MR) is 119 cm³/mol. The van der Waals surface area contributed by atoms with Crippen molar-refractivity contribution in [2.75, 3.05) is 0 Å². The zero-order chi connectivity index (χ0) is 21.3. The maximum atomic E-state index is 10.0. The van der Waals surface area contributed by atoms with E-state index in [1.54, 1.807) is 0 Å². The molecule has 158 valence electrons. The van der Waals surface area contributed by atoms with Crippen LogP contribution in [-0.4, -0.2) is 15.8 Å². The minimum atomic E-state index is -0.607. The normalized spacial score (nSPS) is 19.1. The third kappa shape index (κ3) is 4.74. The summed E-state index contributed by atoms with van der Waals surface area (Å²) < 4.78 is 0. The molecule has 1 unspecified atom stereocenters. The largest absolute Gasteiger partial charge is 0.390 e. The van der Waals surface area contributed by atoms with Gasteiger partial charge in [-0.05, 0) is 71.1 Å². The van der Waals surface area contributed by atoms with Gasteiger partial charge in [0.2, 0.25) is 0 Å². The highest BCUT2D eigenvalue weighted by Gasteiger charge is 2.50. The summed E-state index contributed by atoms with van der Waals surface area (Å²) in [5, 5.41) is 12.2. The molecule has 0 spiro atoms. The lowest BCUT2D eigenvalue weighted by molar-refractivity contribution is -0.291. The van der Waals surface area contributed by atoms with Gasteiger partial charge in [0.1, 0.15) is 6.10 Å². The Morgan fingerprint density at radius 2 is 1.38 bits per heavy atom. The van der Waals surface area contributed by atoms with E-state index in [4.69, 9.17) is 4.84 Å². The number of unbranched alkanes of at least 4 members (excludes halogenated alkanes) is 1. The molecule has 1 aliphatic heterocycles. The Hall–Kier alpha value is -1.68. The van der Waals surface area contributed by atoms with Crippen molar-refractivity contribution in [1.82, 2.24) is 5.06 Å². The van der Waals surface area contributed by atoms with Gasteiger partial charge in [0, 0.05) is 0 Å². The molecule has 1 aliphatic rings. The Balaban J connectivity index is 1.82. The fourth-order valence-electron chi connectivity index (χ4n) is 4.69. The minimum Gasteiger partial charge on any atom is -0.390 e. The molecule has 1 heterocycles. The van der Waals surface area contributed by atoms with Gasteiger partial charge in [-0.2, -0.15) is 5.06 Å². The van der Waals surface area contributed by atoms with Crippen LogP contribution in [0.5, 0.6) is 0 Å². The Kier molecular flexibility index (Phi) is 6.24. The zero-order valence-corrected chi connectivity index (χ0v) is 18.9. The second kappa shape index (κ2) is 8.22. The first-order valence-electron chi connectivity index (χ1n) is 10.9. The summed E-state index contributed by atoms with van der Waals surface area (Å²) in [7, 11) is 0. The SMILES string of the molecule is CC(C)(O)CCCCC(ON1C(C)(C)c2ccccc2C1(C)C)c1ccccc1. The van der Waals surface area contributed by atoms with Gasteiger partial charge in [-0.15, -0.1) is 0 Å². The van der Waals surface area contributed by atoms with Crippen molar-refractivity contribution < 1.29 is 9.94 Å². The number of benzene rings is 2. The highest BCUT2D eigenvalue weighted by Crippen LogP contribution is 2.50. The first-order chi connectivity index (χ1) is 13.5. The molecule has 0 bridgehead atoms. The molecule has 2 aromatic carbocycles. The van der Waals surface area contributed by atoms with Crippen LogP contribution in [-0.2, 0) is 15.9 Å². The predicted octanol–water partition coefficient (Wildman–Crippen LogP) is 6.48. The second-order valence-electron chi connectivity index (χ2n) is 10.0. The van der Waals surface area contributed by atoms with Gasteiger partial charge in [-0.25, -0.2) is 0 Å². The molecule has 0 fully saturated rings. The minimum absolute atomic E-state index is 0.00846. The maximum absolute atomic E-state index is 10.0. The van der Waals surface area contributed by atoms with Crippen molar-refractivity contribution >= 4 is 0 Å². The van der Waals surface area contributed by atoms with Crippen LogP contribution in [0.1, 0.15) is 90.0 Å². The molecule has 0 aliphatic carbocycles. The third-order valence-corrected chi connectivity index (χ3v) is 6.17. The van der Waals surface area contributed by atoms with E-state index in [0.717, 1.165) is 25.7 Å². The average molecular weight is 396 g/mol. The molecular formula is C26H37NO2. The summed E-state index contributed by atoms with van der Waals surface area (Å²) in [6.45, 7) is 12.7. The fourth-order valence-corrected chi connectivity index (χ4v) is 4.69. The summed E-state index contributed by atoms with van der Waals surface area (Å²) in [6, 6.07) is 19.2. The maximum Gasteiger partial charge on any atom is 0.104 e. The monoisotopic (exact) mass is 395 g/mol. The number of aliphatic hydroxyl groups is 1. The summed E-state index contributed by atoms with van der Waals surface area (Å²) in [5.41, 5.74) is 2.85. The quantitative estimate of drug-likeness (QED) is 0.519. The highest BCUT2D eigenvalue weighted by molar-refractivity contribution is 5.42. The molecule has 3 nitrogen and oxygen atoms in total. The first-order valence-corrected chi connectivity index (χ1v) is 10.9. The standard InChI is InChI=1S/C26H37NO2/c1-24(2,28)19-13-12-18-23(20-14-8-7-9-15-20)29-27-25(3,4)21-16-10-11-17-22(21)26(27,5)6/h7-11,14-17,23,28H,12-13,18-19H2,1-6H3. The van der Waals surface area contributed by atoms with Crippen LogP contribution in [0.3, 0.4) is 0 Å². The number of nitrogens with zero attached hydrogens (tertiary/aromatic N) is 1. The van der Waals surface area contributed by atoms with E-state index in [0.29, 0.717) is 0 Å². The topological polar surface area (TPSA) is 32.7 Å². The molecule has 0 aromatic heterocycles. The van der Waals surface area contributed by atoms with E-state index in [1.165, 1.54) is 16.7 Å². The van der Waals surface area contributed by atoms with Crippen molar-refractivity contribution in [3.63, 3.8) is 0 Å². The molecule has 2 aromatic rings. The van der Waals surface area contributed by atoms with E-state index in [2.05, 4.69) is 87.4 Å². The Morgan fingerprint density at radius 1 is 0.862 bits per heavy atom. The molecule has 0 radical (unpaired) electrons. The smallest absolute Gasteiger partial charge is 0.104 e. The second-order valence-corrected chi connectivity index (χ2v) is 10.0. The van der Waals surface area contributed by atoms with E-state index in [1.807, 2.05) is 13.8 Å². The van der Waals surface area contributed by atoms with Crippen LogP contribution in [0.25, 0.3) is 0 Å². The highest BCUT2D eigenvalue weighted by atomic mass is 16.7. The van der Waals surface area contributed by atoms with Gasteiger partial charge in [0.25, 0.3) is 0 Å². The van der Waals surface area contributed by atoms with Gasteiger partial charge >= 0.3 is 0 Å².